The third-order valence-corrected chi connectivity index (χ3v) is 5.30. The molecule has 1 heterocycles. The first kappa shape index (κ1) is 17.4. The largest absolute Gasteiger partial charge is 0.326 e. The number of benzene rings is 1. The van der Waals surface area contributed by atoms with Crippen LogP contribution in [0.25, 0.3) is 0 Å². The molecule has 2 aromatic rings. The van der Waals surface area contributed by atoms with E-state index in [4.69, 9.17) is 0 Å². The number of thiophene rings is 1. The summed E-state index contributed by atoms with van der Waals surface area (Å²) >= 11 is 1.37. The van der Waals surface area contributed by atoms with Crippen LogP contribution in [0.1, 0.15) is 35.9 Å². The van der Waals surface area contributed by atoms with Crippen molar-refractivity contribution in [2.24, 2.45) is 11.8 Å². The van der Waals surface area contributed by atoms with Crippen molar-refractivity contribution in [3.8, 4) is 0 Å². The van der Waals surface area contributed by atoms with Crippen molar-refractivity contribution in [1.82, 2.24) is 0 Å². The van der Waals surface area contributed by atoms with Crippen molar-refractivity contribution < 1.29 is 14.4 Å². The fraction of sp³-hybridized carbons (Fsp3) is 0.316. The molecule has 3 rings (SSSR count). The molecule has 1 aliphatic carbocycles. The van der Waals surface area contributed by atoms with Gasteiger partial charge in [0.2, 0.25) is 5.91 Å². The minimum absolute atomic E-state index is 0.0547. The molecule has 1 saturated carbocycles. The Morgan fingerprint density at radius 3 is 2.56 bits per heavy atom. The van der Waals surface area contributed by atoms with Crippen LogP contribution in [0.5, 0.6) is 0 Å². The van der Waals surface area contributed by atoms with Gasteiger partial charge in [0.05, 0.1) is 4.88 Å². The van der Waals surface area contributed by atoms with Crippen LogP contribution < -0.4 is 10.6 Å². The molecule has 5 nitrogen and oxygen atoms in total. The SMILES string of the molecule is C[C@H]1C[C@@H](C(=O)Nc2cccc(NC(=O)c3cccs3)c2)CCC1=O. The van der Waals surface area contributed by atoms with Crippen LogP contribution in [-0.4, -0.2) is 17.6 Å². The molecule has 2 atom stereocenters. The van der Waals surface area contributed by atoms with E-state index in [2.05, 4.69) is 10.6 Å². The van der Waals surface area contributed by atoms with Gasteiger partial charge in [-0.15, -0.1) is 11.3 Å². The van der Waals surface area contributed by atoms with Gasteiger partial charge in [-0.3, -0.25) is 14.4 Å². The molecule has 0 saturated heterocycles. The summed E-state index contributed by atoms with van der Waals surface area (Å²) in [7, 11) is 0. The van der Waals surface area contributed by atoms with E-state index in [0.29, 0.717) is 35.5 Å². The predicted molar refractivity (Wildman–Crippen MR) is 98.9 cm³/mol. The maximum absolute atomic E-state index is 12.4. The van der Waals surface area contributed by atoms with E-state index in [1.165, 1.54) is 11.3 Å². The van der Waals surface area contributed by atoms with Gasteiger partial charge in [0.25, 0.3) is 5.91 Å². The van der Waals surface area contributed by atoms with Gasteiger partial charge in [0, 0.05) is 29.6 Å². The van der Waals surface area contributed by atoms with Gasteiger partial charge in [-0.2, -0.15) is 0 Å². The Labute approximate surface area is 150 Å². The van der Waals surface area contributed by atoms with Gasteiger partial charge in [0.1, 0.15) is 5.78 Å². The molecule has 1 fully saturated rings. The molecule has 0 unspecified atom stereocenters. The van der Waals surface area contributed by atoms with Crippen LogP contribution in [0.4, 0.5) is 11.4 Å². The zero-order valence-corrected chi connectivity index (χ0v) is 14.8. The Balaban J connectivity index is 1.62. The Morgan fingerprint density at radius 2 is 1.88 bits per heavy atom. The summed E-state index contributed by atoms with van der Waals surface area (Å²) < 4.78 is 0. The number of anilines is 2. The lowest BCUT2D eigenvalue weighted by molar-refractivity contribution is -0.128. The highest BCUT2D eigenvalue weighted by atomic mass is 32.1. The third kappa shape index (κ3) is 4.33. The fourth-order valence-corrected chi connectivity index (χ4v) is 3.62. The highest BCUT2D eigenvalue weighted by Crippen LogP contribution is 2.27. The highest BCUT2D eigenvalue weighted by Gasteiger charge is 2.29. The van der Waals surface area contributed by atoms with Crippen molar-refractivity contribution in [1.29, 1.82) is 0 Å². The average Bonchev–Trinajstić information content (AvgIpc) is 3.12. The number of hydrogen-bond donors (Lipinski definition) is 2. The molecule has 130 valence electrons. The molecular weight excluding hydrogens is 336 g/mol. The Hall–Kier alpha value is -2.47. The number of carbonyl (C=O) groups excluding carboxylic acids is 3. The number of carbonyl (C=O) groups is 3. The number of ketones is 1. The Bertz CT molecular complexity index is 786. The summed E-state index contributed by atoms with van der Waals surface area (Å²) in [6, 6.07) is 10.7. The summed E-state index contributed by atoms with van der Waals surface area (Å²) in [5, 5.41) is 7.57. The number of hydrogen-bond acceptors (Lipinski definition) is 4. The van der Waals surface area contributed by atoms with Gasteiger partial charge in [-0.1, -0.05) is 19.1 Å². The first-order valence-corrected chi connectivity index (χ1v) is 9.19. The van der Waals surface area contributed by atoms with E-state index in [0.717, 1.165) is 0 Å². The predicted octanol–water partition coefficient (Wildman–Crippen LogP) is 3.94. The third-order valence-electron chi connectivity index (χ3n) is 4.43. The quantitative estimate of drug-likeness (QED) is 0.871. The highest BCUT2D eigenvalue weighted by molar-refractivity contribution is 7.12. The topological polar surface area (TPSA) is 75.3 Å². The summed E-state index contributed by atoms with van der Waals surface area (Å²) in [5.74, 6) is -0.195. The van der Waals surface area contributed by atoms with Gasteiger partial charge >= 0.3 is 0 Å². The van der Waals surface area contributed by atoms with Gasteiger partial charge in [-0.05, 0) is 42.5 Å². The van der Waals surface area contributed by atoms with E-state index >= 15 is 0 Å². The summed E-state index contributed by atoms with van der Waals surface area (Å²) in [6.45, 7) is 1.88. The molecule has 0 bridgehead atoms. The number of nitrogens with one attached hydrogen (secondary N) is 2. The number of Topliss-reactive ketones (excluding diaryl/α,β-unsaturated/α-hetero) is 1. The molecule has 6 heteroatoms. The molecule has 25 heavy (non-hydrogen) atoms. The Morgan fingerprint density at radius 1 is 1.12 bits per heavy atom. The van der Waals surface area contributed by atoms with Crippen molar-refractivity contribution in [2.45, 2.75) is 26.2 Å². The summed E-state index contributed by atoms with van der Waals surface area (Å²) in [6.07, 6.45) is 1.67. The second-order valence-corrected chi connectivity index (χ2v) is 7.29. The second kappa shape index (κ2) is 7.61. The van der Waals surface area contributed by atoms with Gasteiger partial charge < -0.3 is 10.6 Å². The van der Waals surface area contributed by atoms with Crippen molar-refractivity contribution in [3.05, 3.63) is 46.7 Å². The molecule has 1 aromatic carbocycles. The van der Waals surface area contributed by atoms with Crippen LogP contribution in [0.15, 0.2) is 41.8 Å². The molecular formula is C19H20N2O3S. The normalized spacial score (nSPS) is 20.1. The standard InChI is InChI=1S/C19H20N2O3S/c1-12-10-13(7-8-16(12)22)18(23)20-14-4-2-5-15(11-14)21-19(24)17-6-3-9-25-17/h2-6,9,11-13H,7-8,10H2,1H3,(H,20,23)(H,21,24)/t12-,13-/m0/s1. The summed E-state index contributed by atoms with van der Waals surface area (Å²) in [4.78, 5) is 36.8. The molecule has 1 aromatic heterocycles. The zero-order chi connectivity index (χ0) is 17.8. The zero-order valence-electron chi connectivity index (χ0n) is 14.0. The lowest BCUT2D eigenvalue weighted by Gasteiger charge is -2.24. The summed E-state index contributed by atoms with van der Waals surface area (Å²) in [5.41, 5.74) is 1.27. The van der Waals surface area contributed by atoms with E-state index < -0.39 is 0 Å². The average molecular weight is 356 g/mol. The second-order valence-electron chi connectivity index (χ2n) is 6.34. The molecule has 1 aliphatic rings. The van der Waals surface area contributed by atoms with E-state index in [-0.39, 0.29) is 29.4 Å². The molecule has 0 aliphatic heterocycles. The van der Waals surface area contributed by atoms with Crippen LogP contribution in [0.3, 0.4) is 0 Å². The maximum atomic E-state index is 12.4. The van der Waals surface area contributed by atoms with Crippen molar-refractivity contribution in [2.75, 3.05) is 10.6 Å². The lowest BCUT2D eigenvalue weighted by Crippen LogP contribution is -2.31. The maximum Gasteiger partial charge on any atom is 0.265 e. The smallest absolute Gasteiger partial charge is 0.265 e. The molecule has 2 amide bonds. The van der Waals surface area contributed by atoms with E-state index in [1.54, 1.807) is 30.3 Å². The van der Waals surface area contributed by atoms with Crippen molar-refractivity contribution >= 4 is 40.3 Å². The van der Waals surface area contributed by atoms with Gasteiger partial charge in [-0.25, -0.2) is 0 Å². The number of amides is 2. The van der Waals surface area contributed by atoms with E-state index in [9.17, 15) is 14.4 Å². The van der Waals surface area contributed by atoms with Crippen LogP contribution in [0, 0.1) is 11.8 Å². The van der Waals surface area contributed by atoms with Crippen molar-refractivity contribution in [3.63, 3.8) is 0 Å². The first-order chi connectivity index (χ1) is 12.0. The van der Waals surface area contributed by atoms with Crippen LogP contribution in [-0.2, 0) is 9.59 Å². The molecule has 0 radical (unpaired) electrons. The fourth-order valence-electron chi connectivity index (χ4n) is 3.00. The van der Waals surface area contributed by atoms with Crippen LogP contribution in [0.2, 0.25) is 0 Å². The Kier molecular flexibility index (Phi) is 5.28. The van der Waals surface area contributed by atoms with Gasteiger partial charge in [0.15, 0.2) is 0 Å². The monoisotopic (exact) mass is 356 g/mol. The minimum Gasteiger partial charge on any atom is -0.326 e. The minimum atomic E-state index is -0.168. The molecule has 0 spiro atoms. The van der Waals surface area contributed by atoms with Crippen LogP contribution >= 0.6 is 11.3 Å². The number of rotatable bonds is 4. The first-order valence-electron chi connectivity index (χ1n) is 8.31. The molecule has 2 N–H and O–H groups in total. The van der Waals surface area contributed by atoms with E-state index in [1.807, 2.05) is 18.4 Å². The lowest BCUT2D eigenvalue weighted by atomic mass is 9.81.